The summed E-state index contributed by atoms with van der Waals surface area (Å²) in [5.41, 5.74) is 6.66. The molecule has 0 unspecified atom stereocenters. The molecular formula is C22H31N5O. The van der Waals surface area contributed by atoms with Gasteiger partial charge in [0, 0.05) is 43.1 Å². The largest absolute Gasteiger partial charge is 0.354 e. The lowest BCUT2D eigenvalue weighted by Gasteiger charge is -2.36. The monoisotopic (exact) mass is 381 g/mol. The summed E-state index contributed by atoms with van der Waals surface area (Å²) in [5, 5.41) is 3.11. The number of aryl methyl sites for hydroxylation is 4. The third kappa shape index (κ3) is 4.50. The van der Waals surface area contributed by atoms with Crippen LogP contribution in [-0.4, -0.2) is 53.5 Å². The van der Waals surface area contributed by atoms with Crippen molar-refractivity contribution >= 4 is 17.4 Å². The summed E-state index contributed by atoms with van der Waals surface area (Å²) in [4.78, 5) is 25.9. The predicted molar refractivity (Wildman–Crippen MR) is 114 cm³/mol. The van der Waals surface area contributed by atoms with Crippen molar-refractivity contribution in [3.8, 4) is 0 Å². The first-order valence-corrected chi connectivity index (χ1v) is 10.0. The van der Waals surface area contributed by atoms with Crippen molar-refractivity contribution in [3.63, 3.8) is 0 Å². The molecule has 1 N–H and O–H groups in total. The van der Waals surface area contributed by atoms with Crippen LogP contribution < -0.4 is 10.2 Å². The maximum Gasteiger partial charge on any atom is 0.238 e. The number of amides is 1. The maximum absolute atomic E-state index is 12.6. The second kappa shape index (κ2) is 8.69. The van der Waals surface area contributed by atoms with Gasteiger partial charge in [-0.15, -0.1) is 0 Å². The van der Waals surface area contributed by atoms with Gasteiger partial charge in [-0.2, -0.15) is 0 Å². The van der Waals surface area contributed by atoms with Crippen LogP contribution in [0.15, 0.2) is 18.5 Å². The number of carbonyl (C=O) groups excluding carboxylic acids is 1. The van der Waals surface area contributed by atoms with Gasteiger partial charge >= 0.3 is 0 Å². The fourth-order valence-corrected chi connectivity index (χ4v) is 4.05. The van der Waals surface area contributed by atoms with E-state index in [2.05, 4.69) is 51.1 Å². The lowest BCUT2D eigenvalue weighted by Crippen LogP contribution is -2.49. The number of piperazine rings is 1. The minimum absolute atomic E-state index is 0.0515. The fraction of sp³-hybridized carbons (Fsp3) is 0.500. The summed E-state index contributed by atoms with van der Waals surface area (Å²) in [6.07, 6.45) is 2.58. The zero-order chi connectivity index (χ0) is 20.3. The Morgan fingerprint density at radius 2 is 1.68 bits per heavy atom. The normalized spacial score (nSPS) is 15.0. The predicted octanol–water partition coefficient (Wildman–Crippen LogP) is 3.03. The van der Waals surface area contributed by atoms with Crippen molar-refractivity contribution < 1.29 is 4.79 Å². The Bertz CT molecular complexity index is 833. The van der Waals surface area contributed by atoms with Crippen LogP contribution in [0.1, 0.15) is 34.9 Å². The molecule has 0 bridgehead atoms. The Kier molecular flexibility index (Phi) is 6.29. The Morgan fingerprint density at radius 3 is 2.29 bits per heavy atom. The molecule has 150 valence electrons. The Morgan fingerprint density at radius 1 is 1.04 bits per heavy atom. The Hall–Kier alpha value is -2.47. The third-order valence-corrected chi connectivity index (χ3v) is 5.47. The molecule has 0 spiro atoms. The average Bonchev–Trinajstić information content (AvgIpc) is 2.65. The number of carbonyl (C=O) groups is 1. The van der Waals surface area contributed by atoms with Crippen molar-refractivity contribution in [1.82, 2.24) is 14.9 Å². The van der Waals surface area contributed by atoms with Crippen molar-refractivity contribution in [1.29, 1.82) is 0 Å². The molecule has 6 heteroatoms. The molecule has 1 aliphatic heterocycles. The van der Waals surface area contributed by atoms with E-state index in [0.29, 0.717) is 6.54 Å². The van der Waals surface area contributed by atoms with E-state index in [4.69, 9.17) is 0 Å². The quantitative estimate of drug-likeness (QED) is 0.863. The first-order valence-electron chi connectivity index (χ1n) is 10.0. The van der Waals surface area contributed by atoms with Gasteiger partial charge in [0.15, 0.2) is 0 Å². The molecule has 0 radical (unpaired) electrons. The molecule has 0 atom stereocenters. The third-order valence-electron chi connectivity index (χ3n) is 5.47. The molecule has 28 heavy (non-hydrogen) atoms. The molecule has 2 heterocycles. The summed E-state index contributed by atoms with van der Waals surface area (Å²) in [7, 11) is 0. The average molecular weight is 382 g/mol. The molecule has 1 saturated heterocycles. The Balaban J connectivity index is 1.58. The molecule has 2 aromatic rings. The number of nitrogens with one attached hydrogen (secondary N) is 1. The Labute approximate surface area is 168 Å². The lowest BCUT2D eigenvalue weighted by atomic mass is 10.1. The van der Waals surface area contributed by atoms with Crippen molar-refractivity contribution in [2.75, 3.05) is 42.9 Å². The molecule has 1 aromatic heterocycles. The standard InChI is InChI=1S/C22H31N5O/c1-6-19-18(5)23-14-24-22(19)27-9-7-26(8-10-27)13-20(28)25-21-16(3)11-15(2)12-17(21)4/h11-12,14H,6-10,13H2,1-5H3,(H,25,28). The smallest absolute Gasteiger partial charge is 0.238 e. The van der Waals surface area contributed by atoms with Gasteiger partial charge in [-0.3, -0.25) is 9.69 Å². The van der Waals surface area contributed by atoms with Gasteiger partial charge in [-0.1, -0.05) is 24.6 Å². The number of aromatic nitrogens is 2. The highest BCUT2D eigenvalue weighted by Crippen LogP contribution is 2.23. The molecule has 0 aliphatic carbocycles. The molecule has 0 saturated carbocycles. The van der Waals surface area contributed by atoms with Gasteiger partial charge in [-0.05, 0) is 45.2 Å². The highest BCUT2D eigenvalue weighted by Gasteiger charge is 2.22. The van der Waals surface area contributed by atoms with Gasteiger partial charge in [-0.25, -0.2) is 9.97 Å². The highest BCUT2D eigenvalue weighted by molar-refractivity contribution is 5.93. The summed E-state index contributed by atoms with van der Waals surface area (Å²) >= 11 is 0. The van der Waals surface area contributed by atoms with Gasteiger partial charge in [0.1, 0.15) is 12.1 Å². The van der Waals surface area contributed by atoms with Crippen LogP contribution in [0, 0.1) is 27.7 Å². The van der Waals surface area contributed by atoms with E-state index in [9.17, 15) is 4.79 Å². The summed E-state index contributed by atoms with van der Waals surface area (Å²) in [6, 6.07) is 4.22. The number of anilines is 2. The van der Waals surface area contributed by atoms with Gasteiger partial charge in [0.2, 0.25) is 5.91 Å². The number of benzene rings is 1. The van der Waals surface area contributed by atoms with Crippen LogP contribution in [0.2, 0.25) is 0 Å². The zero-order valence-corrected chi connectivity index (χ0v) is 17.7. The molecule has 1 fully saturated rings. The summed E-state index contributed by atoms with van der Waals surface area (Å²) < 4.78 is 0. The molecule has 3 rings (SSSR count). The minimum Gasteiger partial charge on any atom is -0.354 e. The molecule has 1 amide bonds. The number of nitrogens with zero attached hydrogens (tertiary/aromatic N) is 4. The van der Waals surface area contributed by atoms with Crippen LogP contribution in [0.25, 0.3) is 0 Å². The van der Waals surface area contributed by atoms with Crippen molar-refractivity contribution in [3.05, 3.63) is 46.4 Å². The number of hydrogen-bond donors (Lipinski definition) is 1. The van der Waals surface area contributed by atoms with E-state index < -0.39 is 0 Å². The number of rotatable bonds is 5. The van der Waals surface area contributed by atoms with E-state index in [0.717, 1.165) is 60.9 Å². The minimum atomic E-state index is 0.0515. The summed E-state index contributed by atoms with van der Waals surface area (Å²) in [6.45, 7) is 14.2. The SMILES string of the molecule is CCc1c(C)ncnc1N1CCN(CC(=O)Nc2c(C)cc(C)cc2C)CC1. The van der Waals surface area contributed by atoms with Gasteiger partial charge < -0.3 is 10.2 Å². The molecular weight excluding hydrogens is 350 g/mol. The fourth-order valence-electron chi connectivity index (χ4n) is 4.05. The second-order valence-electron chi connectivity index (χ2n) is 7.70. The van der Waals surface area contributed by atoms with E-state index >= 15 is 0 Å². The van der Waals surface area contributed by atoms with Crippen LogP contribution in [-0.2, 0) is 11.2 Å². The van der Waals surface area contributed by atoms with Crippen molar-refractivity contribution in [2.24, 2.45) is 0 Å². The van der Waals surface area contributed by atoms with E-state index in [1.165, 1.54) is 11.1 Å². The van der Waals surface area contributed by atoms with Crippen LogP contribution in [0.4, 0.5) is 11.5 Å². The zero-order valence-electron chi connectivity index (χ0n) is 17.7. The van der Waals surface area contributed by atoms with Crippen LogP contribution >= 0.6 is 0 Å². The van der Waals surface area contributed by atoms with Crippen LogP contribution in [0.3, 0.4) is 0 Å². The van der Waals surface area contributed by atoms with E-state index in [1.807, 2.05) is 20.8 Å². The second-order valence-corrected chi connectivity index (χ2v) is 7.70. The topological polar surface area (TPSA) is 61.4 Å². The maximum atomic E-state index is 12.6. The number of hydrogen-bond acceptors (Lipinski definition) is 5. The highest BCUT2D eigenvalue weighted by atomic mass is 16.2. The first-order chi connectivity index (χ1) is 13.4. The molecule has 1 aliphatic rings. The van der Waals surface area contributed by atoms with E-state index in [-0.39, 0.29) is 5.91 Å². The molecule has 6 nitrogen and oxygen atoms in total. The van der Waals surface area contributed by atoms with Gasteiger partial charge in [0.05, 0.1) is 6.54 Å². The van der Waals surface area contributed by atoms with Crippen molar-refractivity contribution in [2.45, 2.75) is 41.0 Å². The molecule has 1 aromatic carbocycles. The first kappa shape index (κ1) is 20.3. The summed E-state index contributed by atoms with van der Waals surface area (Å²) in [5.74, 6) is 1.10. The van der Waals surface area contributed by atoms with E-state index in [1.54, 1.807) is 6.33 Å². The van der Waals surface area contributed by atoms with Crippen LogP contribution in [0.5, 0.6) is 0 Å². The van der Waals surface area contributed by atoms with Gasteiger partial charge in [0.25, 0.3) is 0 Å². The lowest BCUT2D eigenvalue weighted by molar-refractivity contribution is -0.117.